The van der Waals surface area contributed by atoms with Gasteiger partial charge in [0.05, 0.1) is 13.0 Å². The topological polar surface area (TPSA) is 49.8 Å². The van der Waals surface area contributed by atoms with Crippen molar-refractivity contribution >= 4 is 5.97 Å². The van der Waals surface area contributed by atoms with Gasteiger partial charge in [0.25, 0.3) is 0 Å². The van der Waals surface area contributed by atoms with E-state index in [0.29, 0.717) is 13.2 Å². The van der Waals surface area contributed by atoms with Crippen molar-refractivity contribution in [1.82, 2.24) is 4.90 Å². The minimum Gasteiger partial charge on any atom is -0.493 e. The van der Waals surface area contributed by atoms with E-state index in [1.807, 2.05) is 18.2 Å². The van der Waals surface area contributed by atoms with Crippen molar-refractivity contribution in [2.45, 2.75) is 45.2 Å². The molecule has 1 N–H and O–H groups in total. The summed E-state index contributed by atoms with van der Waals surface area (Å²) < 4.78 is 5.70. The number of carbonyl (C=O) groups is 1. The fourth-order valence-electron chi connectivity index (χ4n) is 2.82. The van der Waals surface area contributed by atoms with E-state index in [1.165, 1.54) is 5.56 Å². The standard InChI is InChI=1S/C16H23NO3/c1-16(2,3)17(10-8-15(18)19)13-9-11-20-14-7-5-4-6-12(13)14/h4-7,13H,8-11H2,1-3H3,(H,18,19). The highest BCUT2D eigenvalue weighted by Gasteiger charge is 2.33. The first kappa shape index (κ1) is 14.9. The molecule has 1 unspecified atom stereocenters. The molecule has 1 heterocycles. The quantitative estimate of drug-likeness (QED) is 0.919. The first-order valence-corrected chi connectivity index (χ1v) is 7.10. The molecule has 0 radical (unpaired) electrons. The number of benzene rings is 1. The molecular weight excluding hydrogens is 254 g/mol. The molecule has 1 aromatic carbocycles. The van der Waals surface area contributed by atoms with Crippen molar-refractivity contribution in [1.29, 1.82) is 0 Å². The van der Waals surface area contributed by atoms with E-state index in [9.17, 15) is 4.79 Å². The van der Waals surface area contributed by atoms with Gasteiger partial charge in [0.15, 0.2) is 0 Å². The number of rotatable bonds is 4. The van der Waals surface area contributed by atoms with Gasteiger partial charge in [-0.25, -0.2) is 0 Å². The van der Waals surface area contributed by atoms with Crippen molar-refractivity contribution in [2.24, 2.45) is 0 Å². The van der Waals surface area contributed by atoms with E-state index < -0.39 is 5.97 Å². The third-order valence-corrected chi connectivity index (χ3v) is 3.73. The van der Waals surface area contributed by atoms with Crippen molar-refractivity contribution in [3.63, 3.8) is 0 Å². The first-order valence-electron chi connectivity index (χ1n) is 7.10. The summed E-state index contributed by atoms with van der Waals surface area (Å²) in [4.78, 5) is 13.2. The third-order valence-electron chi connectivity index (χ3n) is 3.73. The largest absolute Gasteiger partial charge is 0.493 e. The Bertz CT molecular complexity index is 479. The van der Waals surface area contributed by atoms with Crippen LogP contribution in [0.1, 0.15) is 45.2 Å². The molecule has 0 aliphatic carbocycles. The second-order valence-corrected chi connectivity index (χ2v) is 6.20. The summed E-state index contributed by atoms with van der Waals surface area (Å²) in [6, 6.07) is 8.27. The normalized spacial score (nSPS) is 18.5. The molecule has 4 nitrogen and oxygen atoms in total. The molecule has 1 aliphatic rings. The van der Waals surface area contributed by atoms with E-state index in [0.717, 1.165) is 12.2 Å². The predicted molar refractivity (Wildman–Crippen MR) is 78.0 cm³/mol. The monoisotopic (exact) mass is 277 g/mol. The summed E-state index contributed by atoms with van der Waals surface area (Å²) in [5, 5.41) is 8.97. The summed E-state index contributed by atoms with van der Waals surface area (Å²) >= 11 is 0. The Hall–Kier alpha value is -1.55. The Labute approximate surface area is 120 Å². The lowest BCUT2D eigenvalue weighted by Gasteiger charge is -2.43. The Kier molecular flexibility index (Phi) is 4.33. The number of ether oxygens (including phenoxy) is 1. The van der Waals surface area contributed by atoms with E-state index in [1.54, 1.807) is 0 Å². The molecule has 0 saturated heterocycles. The fraction of sp³-hybridized carbons (Fsp3) is 0.562. The van der Waals surface area contributed by atoms with Gasteiger partial charge in [-0.05, 0) is 26.8 Å². The van der Waals surface area contributed by atoms with Gasteiger partial charge in [-0.2, -0.15) is 0 Å². The van der Waals surface area contributed by atoms with Crippen molar-refractivity contribution < 1.29 is 14.6 Å². The van der Waals surface area contributed by atoms with E-state index in [2.05, 4.69) is 31.7 Å². The molecule has 2 rings (SSSR count). The molecule has 1 aliphatic heterocycles. The Balaban J connectivity index is 2.28. The minimum absolute atomic E-state index is 0.0788. The molecular formula is C16H23NO3. The summed E-state index contributed by atoms with van der Waals surface area (Å²) in [5.41, 5.74) is 1.09. The molecule has 1 atom stereocenters. The second kappa shape index (κ2) is 5.83. The molecule has 0 saturated carbocycles. The van der Waals surface area contributed by atoms with Crippen molar-refractivity contribution in [3.05, 3.63) is 29.8 Å². The lowest BCUT2D eigenvalue weighted by atomic mass is 9.93. The third kappa shape index (κ3) is 3.31. The summed E-state index contributed by atoms with van der Waals surface area (Å²) in [6.07, 6.45) is 1.06. The van der Waals surface area contributed by atoms with Crippen LogP contribution in [-0.4, -0.2) is 34.7 Å². The molecule has 4 heteroatoms. The molecule has 110 valence electrons. The van der Waals surface area contributed by atoms with Gasteiger partial charge in [0.1, 0.15) is 5.75 Å². The molecule has 1 aromatic rings. The van der Waals surface area contributed by atoms with Crippen molar-refractivity contribution in [3.8, 4) is 5.75 Å². The Morgan fingerprint density at radius 1 is 1.40 bits per heavy atom. The fourth-order valence-corrected chi connectivity index (χ4v) is 2.82. The van der Waals surface area contributed by atoms with Gasteiger partial charge >= 0.3 is 5.97 Å². The lowest BCUT2D eigenvalue weighted by Crippen LogP contribution is -2.46. The number of hydrogen-bond acceptors (Lipinski definition) is 3. The number of carboxylic acids is 1. The predicted octanol–water partition coefficient (Wildman–Crippen LogP) is 3.09. The summed E-state index contributed by atoms with van der Waals surface area (Å²) in [6.45, 7) is 7.63. The Morgan fingerprint density at radius 3 is 2.75 bits per heavy atom. The van der Waals surface area contributed by atoms with Crippen LogP contribution in [0, 0.1) is 0 Å². The molecule has 0 spiro atoms. The second-order valence-electron chi connectivity index (χ2n) is 6.20. The first-order chi connectivity index (χ1) is 9.39. The number of nitrogens with zero attached hydrogens (tertiary/aromatic N) is 1. The maximum absolute atomic E-state index is 10.9. The molecule has 0 bridgehead atoms. The lowest BCUT2D eigenvalue weighted by molar-refractivity contribution is -0.137. The van der Waals surface area contributed by atoms with Gasteiger partial charge in [-0.3, -0.25) is 9.69 Å². The maximum Gasteiger partial charge on any atom is 0.304 e. The molecule has 20 heavy (non-hydrogen) atoms. The smallest absolute Gasteiger partial charge is 0.304 e. The highest BCUT2D eigenvalue weighted by atomic mass is 16.5. The SMILES string of the molecule is CC(C)(C)N(CCC(=O)O)C1CCOc2ccccc21. The van der Waals surface area contributed by atoms with Gasteiger partial charge in [0.2, 0.25) is 0 Å². The highest BCUT2D eigenvalue weighted by molar-refractivity contribution is 5.66. The number of para-hydroxylation sites is 1. The van der Waals surface area contributed by atoms with Crippen LogP contribution in [0.15, 0.2) is 24.3 Å². The number of carboxylic acid groups (broad SMARTS) is 1. The number of hydrogen-bond donors (Lipinski definition) is 1. The number of aliphatic carboxylic acids is 1. The van der Waals surface area contributed by atoms with E-state index in [4.69, 9.17) is 9.84 Å². The van der Waals surface area contributed by atoms with Gasteiger partial charge in [-0.15, -0.1) is 0 Å². The average molecular weight is 277 g/mol. The zero-order chi connectivity index (χ0) is 14.8. The van der Waals surface area contributed by atoms with Gasteiger partial charge < -0.3 is 9.84 Å². The molecule has 0 fully saturated rings. The average Bonchev–Trinajstić information content (AvgIpc) is 2.37. The van der Waals surface area contributed by atoms with Crippen LogP contribution in [0.3, 0.4) is 0 Å². The van der Waals surface area contributed by atoms with Crippen LogP contribution in [0.5, 0.6) is 5.75 Å². The zero-order valence-electron chi connectivity index (χ0n) is 12.4. The Morgan fingerprint density at radius 2 is 2.10 bits per heavy atom. The highest BCUT2D eigenvalue weighted by Crippen LogP contribution is 2.38. The minimum atomic E-state index is -0.750. The summed E-state index contributed by atoms with van der Waals surface area (Å²) in [5.74, 6) is 0.174. The van der Waals surface area contributed by atoms with Crippen LogP contribution < -0.4 is 4.74 Å². The van der Waals surface area contributed by atoms with Crippen molar-refractivity contribution in [2.75, 3.05) is 13.2 Å². The van der Waals surface area contributed by atoms with E-state index >= 15 is 0 Å². The van der Waals surface area contributed by atoms with Crippen LogP contribution >= 0.6 is 0 Å². The molecule has 0 aromatic heterocycles. The van der Waals surface area contributed by atoms with Crippen LogP contribution in [-0.2, 0) is 4.79 Å². The van der Waals surface area contributed by atoms with E-state index in [-0.39, 0.29) is 18.0 Å². The summed E-state index contributed by atoms with van der Waals surface area (Å²) in [7, 11) is 0. The van der Waals surface area contributed by atoms with Crippen LogP contribution in [0.25, 0.3) is 0 Å². The number of fused-ring (bicyclic) bond motifs is 1. The van der Waals surface area contributed by atoms with Gasteiger partial charge in [-0.1, -0.05) is 18.2 Å². The maximum atomic E-state index is 10.9. The molecule has 0 amide bonds. The van der Waals surface area contributed by atoms with Gasteiger partial charge in [0, 0.05) is 30.1 Å². The van der Waals surface area contributed by atoms with Crippen LogP contribution in [0.4, 0.5) is 0 Å². The zero-order valence-corrected chi connectivity index (χ0v) is 12.4. The van der Waals surface area contributed by atoms with Crippen LogP contribution in [0.2, 0.25) is 0 Å².